The molecule has 0 spiro atoms. The average molecular weight is 408 g/mol. The van der Waals surface area contributed by atoms with Crippen molar-refractivity contribution in [3.63, 3.8) is 0 Å². The molecule has 0 unspecified atom stereocenters. The first-order valence-corrected chi connectivity index (χ1v) is 10.5. The second kappa shape index (κ2) is 10.0. The molecule has 30 heavy (non-hydrogen) atoms. The Bertz CT molecular complexity index is 890. The summed E-state index contributed by atoms with van der Waals surface area (Å²) in [5, 5.41) is 6.53. The van der Waals surface area contributed by atoms with Crippen molar-refractivity contribution in [2.75, 3.05) is 54.8 Å². The van der Waals surface area contributed by atoms with E-state index in [0.29, 0.717) is 11.9 Å². The number of imidazole rings is 1. The fraction of sp³-hybridized carbons (Fsp3) is 0.429. The van der Waals surface area contributed by atoms with Crippen LogP contribution in [0.2, 0.25) is 0 Å². The number of aromatic nitrogens is 5. The first-order chi connectivity index (χ1) is 14.8. The maximum Gasteiger partial charge on any atom is 0.232 e. The highest BCUT2D eigenvalue weighted by atomic mass is 15.4. The molecule has 0 atom stereocenters. The Morgan fingerprint density at radius 3 is 2.43 bits per heavy atom. The zero-order valence-electron chi connectivity index (χ0n) is 17.4. The van der Waals surface area contributed by atoms with Gasteiger partial charge in [-0.2, -0.15) is 15.0 Å². The smallest absolute Gasteiger partial charge is 0.232 e. The van der Waals surface area contributed by atoms with Crippen molar-refractivity contribution in [2.24, 2.45) is 0 Å². The molecule has 0 aliphatic carbocycles. The van der Waals surface area contributed by atoms with Crippen LogP contribution >= 0.6 is 0 Å². The molecule has 9 nitrogen and oxygen atoms in total. The third-order valence-electron chi connectivity index (χ3n) is 5.09. The van der Waals surface area contributed by atoms with Gasteiger partial charge < -0.3 is 20.5 Å². The second-order valence-electron chi connectivity index (χ2n) is 7.32. The number of piperazine rings is 1. The van der Waals surface area contributed by atoms with Crippen LogP contribution in [-0.4, -0.2) is 69.1 Å². The van der Waals surface area contributed by atoms with E-state index in [2.05, 4.69) is 75.7 Å². The molecule has 1 saturated heterocycles. The van der Waals surface area contributed by atoms with Gasteiger partial charge in [-0.05, 0) is 12.5 Å². The van der Waals surface area contributed by atoms with Gasteiger partial charge in [-0.25, -0.2) is 4.98 Å². The number of rotatable bonds is 9. The molecule has 1 aliphatic heterocycles. The number of aromatic amines is 1. The third kappa shape index (κ3) is 5.44. The highest BCUT2D eigenvalue weighted by Gasteiger charge is 2.20. The zero-order valence-corrected chi connectivity index (χ0v) is 17.4. The molecule has 1 fully saturated rings. The maximum absolute atomic E-state index is 4.68. The highest BCUT2D eigenvalue weighted by Crippen LogP contribution is 2.17. The van der Waals surface area contributed by atoms with Crippen molar-refractivity contribution in [3.8, 4) is 0 Å². The molecule has 158 valence electrons. The number of anilines is 3. The van der Waals surface area contributed by atoms with Crippen molar-refractivity contribution in [1.82, 2.24) is 29.8 Å². The van der Waals surface area contributed by atoms with Crippen LogP contribution in [0, 0.1) is 0 Å². The van der Waals surface area contributed by atoms with Gasteiger partial charge in [0.15, 0.2) is 0 Å². The van der Waals surface area contributed by atoms with Gasteiger partial charge >= 0.3 is 0 Å². The van der Waals surface area contributed by atoms with E-state index in [4.69, 9.17) is 0 Å². The number of benzene rings is 1. The van der Waals surface area contributed by atoms with Gasteiger partial charge in [0.05, 0.1) is 6.33 Å². The molecule has 9 heteroatoms. The minimum Gasteiger partial charge on any atom is -0.354 e. The molecule has 0 radical (unpaired) electrons. The summed E-state index contributed by atoms with van der Waals surface area (Å²) in [7, 11) is 0. The van der Waals surface area contributed by atoms with E-state index in [0.717, 1.165) is 63.9 Å². The number of hydrogen-bond donors (Lipinski definition) is 3. The lowest BCUT2D eigenvalue weighted by atomic mass is 10.2. The standard InChI is InChI=1S/C21H29N9/c1-2-23-19-26-20(24-9-8-18-14-22-16-25-18)28-21(27-19)30-12-10-29(11-13-30)15-17-6-4-3-5-7-17/h3-7,14,16H,2,8-13,15H2,1H3,(H,22,25)(H2,23,24,26,27,28). The predicted molar refractivity (Wildman–Crippen MR) is 119 cm³/mol. The van der Waals surface area contributed by atoms with E-state index in [1.54, 1.807) is 6.33 Å². The van der Waals surface area contributed by atoms with Gasteiger partial charge in [0, 0.05) is 64.1 Å². The van der Waals surface area contributed by atoms with Crippen molar-refractivity contribution in [2.45, 2.75) is 19.9 Å². The quantitative estimate of drug-likeness (QED) is 0.496. The fourth-order valence-corrected chi connectivity index (χ4v) is 3.50. The number of nitrogens with one attached hydrogen (secondary N) is 3. The van der Waals surface area contributed by atoms with Crippen LogP contribution in [0.15, 0.2) is 42.9 Å². The maximum atomic E-state index is 4.68. The molecule has 2 aromatic heterocycles. The lowest BCUT2D eigenvalue weighted by Crippen LogP contribution is -2.46. The van der Waals surface area contributed by atoms with E-state index < -0.39 is 0 Å². The number of nitrogens with zero attached hydrogens (tertiary/aromatic N) is 6. The molecule has 0 bridgehead atoms. The van der Waals surface area contributed by atoms with Gasteiger partial charge in [-0.1, -0.05) is 30.3 Å². The lowest BCUT2D eigenvalue weighted by molar-refractivity contribution is 0.248. The van der Waals surface area contributed by atoms with Gasteiger partial charge in [-0.15, -0.1) is 0 Å². The van der Waals surface area contributed by atoms with Gasteiger partial charge in [0.2, 0.25) is 17.8 Å². The molecule has 4 rings (SSSR count). The van der Waals surface area contributed by atoms with Gasteiger partial charge in [0.1, 0.15) is 0 Å². The van der Waals surface area contributed by atoms with Crippen LogP contribution in [0.4, 0.5) is 17.8 Å². The van der Waals surface area contributed by atoms with Crippen molar-refractivity contribution in [3.05, 3.63) is 54.1 Å². The van der Waals surface area contributed by atoms with E-state index in [1.165, 1.54) is 5.56 Å². The number of H-pyrrole nitrogens is 1. The Morgan fingerprint density at radius 1 is 0.967 bits per heavy atom. The van der Waals surface area contributed by atoms with Crippen LogP contribution in [0.1, 0.15) is 18.2 Å². The molecule has 1 aromatic carbocycles. The average Bonchev–Trinajstić information content (AvgIpc) is 3.29. The Hall–Kier alpha value is -3.20. The fourth-order valence-electron chi connectivity index (χ4n) is 3.50. The summed E-state index contributed by atoms with van der Waals surface area (Å²) in [6, 6.07) is 10.6. The van der Waals surface area contributed by atoms with Gasteiger partial charge in [-0.3, -0.25) is 4.90 Å². The Kier molecular flexibility index (Phi) is 6.71. The molecular weight excluding hydrogens is 378 g/mol. The predicted octanol–water partition coefficient (Wildman–Crippen LogP) is 2.00. The van der Waals surface area contributed by atoms with Crippen molar-refractivity contribution < 1.29 is 0 Å². The molecule has 3 heterocycles. The Balaban J connectivity index is 1.37. The molecular formula is C21H29N9. The summed E-state index contributed by atoms with van der Waals surface area (Å²) in [6.07, 6.45) is 4.35. The normalized spacial score (nSPS) is 14.6. The largest absolute Gasteiger partial charge is 0.354 e. The lowest BCUT2D eigenvalue weighted by Gasteiger charge is -2.34. The SMILES string of the molecule is CCNc1nc(NCCc2cnc[nH]2)nc(N2CCN(Cc3ccccc3)CC2)n1. The van der Waals surface area contributed by atoms with E-state index in [-0.39, 0.29) is 0 Å². The van der Waals surface area contributed by atoms with Crippen molar-refractivity contribution >= 4 is 17.8 Å². The van der Waals surface area contributed by atoms with Crippen LogP contribution in [0.5, 0.6) is 0 Å². The summed E-state index contributed by atoms with van der Waals surface area (Å²) < 4.78 is 0. The summed E-state index contributed by atoms with van der Waals surface area (Å²) in [5.74, 6) is 1.93. The van der Waals surface area contributed by atoms with E-state index in [1.807, 2.05) is 13.1 Å². The highest BCUT2D eigenvalue weighted by molar-refractivity contribution is 5.44. The molecule has 1 aliphatic rings. The monoisotopic (exact) mass is 407 g/mol. The third-order valence-corrected chi connectivity index (χ3v) is 5.09. The minimum atomic E-state index is 0.599. The molecule has 3 aromatic rings. The first-order valence-electron chi connectivity index (χ1n) is 10.5. The Labute approximate surface area is 177 Å². The minimum absolute atomic E-state index is 0.599. The summed E-state index contributed by atoms with van der Waals surface area (Å²) in [5.41, 5.74) is 2.43. The summed E-state index contributed by atoms with van der Waals surface area (Å²) in [6.45, 7) is 8.28. The zero-order chi connectivity index (χ0) is 20.6. The van der Waals surface area contributed by atoms with Crippen LogP contribution in [0.25, 0.3) is 0 Å². The molecule has 0 saturated carbocycles. The first kappa shape index (κ1) is 20.1. The topological polar surface area (TPSA) is 97.9 Å². The number of hydrogen-bond acceptors (Lipinski definition) is 8. The van der Waals surface area contributed by atoms with Gasteiger partial charge in [0.25, 0.3) is 0 Å². The Morgan fingerprint density at radius 2 is 1.73 bits per heavy atom. The van der Waals surface area contributed by atoms with Crippen LogP contribution in [0.3, 0.4) is 0 Å². The second-order valence-corrected chi connectivity index (χ2v) is 7.32. The summed E-state index contributed by atoms with van der Waals surface area (Å²) in [4.78, 5) is 25.7. The summed E-state index contributed by atoms with van der Waals surface area (Å²) >= 11 is 0. The van der Waals surface area contributed by atoms with E-state index >= 15 is 0 Å². The van der Waals surface area contributed by atoms with E-state index in [9.17, 15) is 0 Å². The van der Waals surface area contributed by atoms with Crippen molar-refractivity contribution in [1.29, 1.82) is 0 Å². The van der Waals surface area contributed by atoms with Crippen LogP contribution in [-0.2, 0) is 13.0 Å². The molecule has 3 N–H and O–H groups in total. The van der Waals surface area contributed by atoms with Crippen LogP contribution < -0.4 is 15.5 Å². The molecule has 0 amide bonds.